The number of esters is 1. The quantitative estimate of drug-likeness (QED) is 0.410. The van der Waals surface area contributed by atoms with E-state index in [0.29, 0.717) is 22.0 Å². The molecule has 3 rings (SSSR count). The first-order valence-corrected chi connectivity index (χ1v) is 10.0. The van der Waals surface area contributed by atoms with E-state index < -0.39 is 11.2 Å². The van der Waals surface area contributed by atoms with Crippen molar-refractivity contribution >= 4 is 35.2 Å². The minimum atomic E-state index is -0.646. The third-order valence-electron chi connectivity index (χ3n) is 4.26. The van der Waals surface area contributed by atoms with Gasteiger partial charge in [-0.1, -0.05) is 25.1 Å². The monoisotopic (exact) mass is 409 g/mol. The summed E-state index contributed by atoms with van der Waals surface area (Å²) in [6.45, 7) is 3.33. The van der Waals surface area contributed by atoms with Gasteiger partial charge in [-0.05, 0) is 42.8 Å². The summed E-state index contributed by atoms with van der Waals surface area (Å²) in [5.41, 5.74) is 1.65. The van der Waals surface area contributed by atoms with Gasteiger partial charge in [0.1, 0.15) is 16.8 Å². The van der Waals surface area contributed by atoms with E-state index in [-0.39, 0.29) is 18.2 Å². The predicted molar refractivity (Wildman–Crippen MR) is 107 cm³/mol. The van der Waals surface area contributed by atoms with Crippen molar-refractivity contribution < 1.29 is 19.1 Å². The van der Waals surface area contributed by atoms with Gasteiger partial charge < -0.3 is 4.74 Å². The molecule has 0 bridgehead atoms. The van der Waals surface area contributed by atoms with Gasteiger partial charge in [0.2, 0.25) is 11.8 Å². The first-order chi connectivity index (χ1) is 13.9. The lowest BCUT2D eigenvalue weighted by molar-refractivity contribution is -0.132. The van der Waals surface area contributed by atoms with E-state index in [0.717, 1.165) is 35.2 Å². The lowest BCUT2D eigenvalue weighted by Gasteiger charge is -2.15. The van der Waals surface area contributed by atoms with Gasteiger partial charge in [-0.15, -0.1) is 0 Å². The number of aromatic nitrogens is 1. The van der Waals surface area contributed by atoms with Crippen molar-refractivity contribution in [2.24, 2.45) is 0 Å². The summed E-state index contributed by atoms with van der Waals surface area (Å²) in [5.74, 6) is -0.793. The Morgan fingerprint density at radius 2 is 2.00 bits per heavy atom. The van der Waals surface area contributed by atoms with Crippen LogP contribution in [0.3, 0.4) is 0 Å². The molecule has 2 aromatic rings. The van der Waals surface area contributed by atoms with Gasteiger partial charge in [0.25, 0.3) is 0 Å². The molecule has 1 aliphatic heterocycles. The largest absolute Gasteiger partial charge is 0.427 e. The minimum absolute atomic E-state index is 0.0275. The highest BCUT2D eigenvalue weighted by molar-refractivity contribution is 8.00. The Hall–Kier alpha value is -3.18. The third-order valence-corrected chi connectivity index (χ3v) is 5.45. The molecule has 1 aromatic carbocycles. The Bertz CT molecular complexity index is 998. The van der Waals surface area contributed by atoms with Crippen LogP contribution in [0.5, 0.6) is 5.75 Å². The van der Waals surface area contributed by atoms with Gasteiger partial charge in [0.05, 0.1) is 16.5 Å². The van der Waals surface area contributed by atoms with Crippen LogP contribution < -0.4 is 9.64 Å². The fraction of sp³-hybridized carbons (Fsp3) is 0.286. The summed E-state index contributed by atoms with van der Waals surface area (Å²) in [5, 5.41) is 9.17. The van der Waals surface area contributed by atoms with Crippen LogP contribution in [0.1, 0.15) is 37.9 Å². The zero-order valence-electron chi connectivity index (χ0n) is 16.0. The average Bonchev–Trinajstić information content (AvgIpc) is 2.96. The smallest absolute Gasteiger partial charge is 0.308 e. The lowest BCUT2D eigenvalue weighted by Crippen LogP contribution is -2.31. The number of carbonyl (C=O) groups is 3. The molecule has 0 spiro atoms. The first kappa shape index (κ1) is 20.6. The normalized spacial score (nSPS) is 16.0. The zero-order chi connectivity index (χ0) is 21.0. The lowest BCUT2D eigenvalue weighted by atomic mass is 10.2. The number of amides is 2. The van der Waals surface area contributed by atoms with Crippen LogP contribution in [0.4, 0.5) is 5.69 Å². The summed E-state index contributed by atoms with van der Waals surface area (Å²) in [6.07, 6.45) is 1.72. The predicted octanol–water partition coefficient (Wildman–Crippen LogP) is 3.26. The number of pyridine rings is 1. The SMILES string of the molecule is CCCc1ccc(C#N)c(SC2CC(=O)N(c3ccc(OC(C)=O)cc3)C2=O)n1. The fourth-order valence-electron chi connectivity index (χ4n) is 2.98. The maximum Gasteiger partial charge on any atom is 0.308 e. The van der Waals surface area contributed by atoms with Crippen LogP contribution >= 0.6 is 11.8 Å². The molecule has 1 fully saturated rings. The summed E-state index contributed by atoms with van der Waals surface area (Å²) < 4.78 is 4.97. The second-order valence-corrected chi connectivity index (χ2v) is 7.67. The van der Waals surface area contributed by atoms with Gasteiger partial charge in [0, 0.05) is 19.0 Å². The maximum atomic E-state index is 12.9. The fourth-order valence-corrected chi connectivity index (χ4v) is 4.09. The van der Waals surface area contributed by atoms with Gasteiger partial charge in [-0.25, -0.2) is 9.88 Å². The number of anilines is 1. The van der Waals surface area contributed by atoms with Crippen LogP contribution in [-0.4, -0.2) is 28.0 Å². The number of carbonyl (C=O) groups excluding carboxylic acids is 3. The average molecular weight is 409 g/mol. The number of benzene rings is 1. The standard InChI is InChI=1S/C21H19N3O4S/c1-3-4-15-6-5-14(12-22)20(23-15)29-18-11-19(26)24(21(18)27)16-7-9-17(10-8-16)28-13(2)25/h5-10,18H,3-4,11H2,1-2H3. The van der Waals surface area contributed by atoms with Gasteiger partial charge in [-0.3, -0.25) is 14.4 Å². The zero-order valence-corrected chi connectivity index (χ0v) is 16.9. The van der Waals surface area contributed by atoms with Crippen molar-refractivity contribution in [2.45, 2.75) is 43.4 Å². The molecule has 8 heteroatoms. The Kier molecular flexibility index (Phi) is 6.29. The van der Waals surface area contributed by atoms with Gasteiger partial charge in [0.15, 0.2) is 0 Å². The van der Waals surface area contributed by atoms with Crippen LogP contribution in [0.15, 0.2) is 41.4 Å². The number of ether oxygens (including phenoxy) is 1. The molecule has 7 nitrogen and oxygen atoms in total. The van der Waals surface area contributed by atoms with Crippen LogP contribution in [-0.2, 0) is 20.8 Å². The van der Waals surface area contributed by atoms with E-state index in [2.05, 4.69) is 11.1 Å². The summed E-state index contributed by atoms with van der Waals surface area (Å²) in [6, 6.07) is 11.8. The second-order valence-electron chi connectivity index (χ2n) is 6.48. The minimum Gasteiger partial charge on any atom is -0.427 e. The number of hydrogen-bond donors (Lipinski definition) is 0. The highest BCUT2D eigenvalue weighted by Gasteiger charge is 2.40. The Labute approximate surface area is 172 Å². The van der Waals surface area contributed by atoms with Crippen molar-refractivity contribution in [3.63, 3.8) is 0 Å². The highest BCUT2D eigenvalue weighted by Crippen LogP contribution is 2.35. The number of aryl methyl sites for hydroxylation is 1. The van der Waals surface area contributed by atoms with E-state index in [1.807, 2.05) is 13.0 Å². The first-order valence-electron chi connectivity index (χ1n) is 9.15. The topological polar surface area (TPSA) is 100 Å². The van der Waals surface area contributed by atoms with Gasteiger partial charge in [-0.2, -0.15) is 5.26 Å². The third kappa shape index (κ3) is 4.63. The van der Waals surface area contributed by atoms with E-state index in [9.17, 15) is 19.6 Å². The Morgan fingerprint density at radius 3 is 2.62 bits per heavy atom. The molecule has 148 valence electrons. The van der Waals surface area contributed by atoms with E-state index >= 15 is 0 Å². The molecule has 1 atom stereocenters. The number of nitriles is 1. The van der Waals surface area contributed by atoms with E-state index in [4.69, 9.17) is 4.74 Å². The molecule has 29 heavy (non-hydrogen) atoms. The molecule has 0 saturated carbocycles. The van der Waals surface area contributed by atoms with Crippen molar-refractivity contribution in [1.82, 2.24) is 4.98 Å². The molecule has 2 heterocycles. The maximum absolute atomic E-state index is 12.9. The molecule has 0 aliphatic carbocycles. The highest BCUT2D eigenvalue weighted by atomic mass is 32.2. The summed E-state index contributed by atoms with van der Waals surface area (Å²) in [7, 11) is 0. The Balaban J connectivity index is 1.80. The number of rotatable bonds is 6. The molecule has 2 amide bonds. The molecule has 1 aliphatic rings. The van der Waals surface area contributed by atoms with Crippen LogP contribution in [0, 0.1) is 11.3 Å². The van der Waals surface area contributed by atoms with E-state index in [1.165, 1.54) is 19.1 Å². The van der Waals surface area contributed by atoms with Crippen molar-refractivity contribution in [3.05, 3.63) is 47.7 Å². The molecule has 0 radical (unpaired) electrons. The van der Waals surface area contributed by atoms with Gasteiger partial charge >= 0.3 is 5.97 Å². The molecular formula is C21H19N3O4S. The van der Waals surface area contributed by atoms with Crippen LogP contribution in [0.25, 0.3) is 0 Å². The van der Waals surface area contributed by atoms with Crippen molar-refractivity contribution in [3.8, 4) is 11.8 Å². The number of hydrogen-bond acceptors (Lipinski definition) is 7. The second kappa shape index (κ2) is 8.88. The molecule has 0 N–H and O–H groups in total. The number of nitrogens with zero attached hydrogens (tertiary/aromatic N) is 3. The van der Waals surface area contributed by atoms with Crippen LogP contribution in [0.2, 0.25) is 0 Å². The number of imide groups is 1. The van der Waals surface area contributed by atoms with Crippen molar-refractivity contribution in [2.75, 3.05) is 4.90 Å². The molecular weight excluding hydrogens is 390 g/mol. The molecule has 1 saturated heterocycles. The Morgan fingerprint density at radius 1 is 1.28 bits per heavy atom. The van der Waals surface area contributed by atoms with Crippen molar-refractivity contribution in [1.29, 1.82) is 5.26 Å². The summed E-state index contributed by atoms with van der Waals surface area (Å²) >= 11 is 1.15. The van der Waals surface area contributed by atoms with E-state index in [1.54, 1.807) is 18.2 Å². The molecule has 1 aromatic heterocycles. The molecule has 1 unspecified atom stereocenters. The number of thioether (sulfide) groups is 1. The summed E-state index contributed by atoms with van der Waals surface area (Å²) in [4.78, 5) is 42.0.